The van der Waals surface area contributed by atoms with Crippen LogP contribution in [0.15, 0.2) is 57.9 Å². The summed E-state index contributed by atoms with van der Waals surface area (Å²) in [4.78, 5) is 0.365. The van der Waals surface area contributed by atoms with E-state index >= 15 is 0 Å². The van der Waals surface area contributed by atoms with Crippen molar-refractivity contribution < 1.29 is 8.42 Å². The molecule has 5 heteroatoms. The number of benzene rings is 2. The van der Waals surface area contributed by atoms with E-state index in [1.807, 2.05) is 6.92 Å². The molecule has 0 spiro atoms. The number of hydrogen-bond acceptors (Lipinski definition) is 2. The molecule has 0 unspecified atom stereocenters. The second-order valence-corrected chi connectivity index (χ2v) is 9.15. The quantitative estimate of drug-likeness (QED) is 0.712. The van der Waals surface area contributed by atoms with Crippen LogP contribution in [0, 0.1) is 6.92 Å². The van der Waals surface area contributed by atoms with Crippen molar-refractivity contribution in [1.29, 1.82) is 0 Å². The Hall–Kier alpha value is -1.17. The summed E-state index contributed by atoms with van der Waals surface area (Å²) in [5.74, 6) is 0. The van der Waals surface area contributed by atoms with Crippen LogP contribution < -0.4 is 0 Å². The van der Waals surface area contributed by atoms with E-state index in [-0.39, 0.29) is 6.04 Å². The third kappa shape index (κ3) is 3.73. The van der Waals surface area contributed by atoms with E-state index in [0.29, 0.717) is 11.4 Å². The first kappa shape index (κ1) is 17.6. The fourth-order valence-corrected chi connectivity index (χ4v) is 5.18. The van der Waals surface area contributed by atoms with E-state index < -0.39 is 10.0 Å². The van der Waals surface area contributed by atoms with Crippen LogP contribution >= 0.6 is 15.9 Å². The molecular formula is C19H22BrNO2S. The Morgan fingerprint density at radius 2 is 1.62 bits per heavy atom. The standard InChI is InChI=1S/C19H22BrNO2S/c1-15-6-8-16(9-7-15)19-5-3-2-4-14-21(19)24(22,23)18-12-10-17(20)11-13-18/h6-13,19H,2-5,14H2,1H3/t19-/m1/s1. The van der Waals surface area contributed by atoms with Crippen LogP contribution in [0.3, 0.4) is 0 Å². The van der Waals surface area contributed by atoms with E-state index in [1.54, 1.807) is 28.6 Å². The molecule has 1 atom stereocenters. The first-order valence-electron chi connectivity index (χ1n) is 8.32. The van der Waals surface area contributed by atoms with E-state index in [9.17, 15) is 8.42 Å². The Morgan fingerprint density at radius 1 is 0.958 bits per heavy atom. The van der Waals surface area contributed by atoms with Crippen LogP contribution in [-0.2, 0) is 10.0 Å². The highest BCUT2D eigenvalue weighted by Crippen LogP contribution is 2.35. The maximum Gasteiger partial charge on any atom is 0.243 e. The van der Waals surface area contributed by atoms with Crippen molar-refractivity contribution in [1.82, 2.24) is 4.31 Å². The lowest BCUT2D eigenvalue weighted by molar-refractivity contribution is 0.329. The van der Waals surface area contributed by atoms with Gasteiger partial charge in [0.2, 0.25) is 10.0 Å². The lowest BCUT2D eigenvalue weighted by atomic mass is 10.0. The van der Waals surface area contributed by atoms with Gasteiger partial charge in [-0.2, -0.15) is 4.31 Å². The average molecular weight is 408 g/mol. The molecule has 1 aliphatic rings. The molecule has 0 saturated carbocycles. The summed E-state index contributed by atoms with van der Waals surface area (Å²) in [6.45, 7) is 2.63. The predicted molar refractivity (Wildman–Crippen MR) is 100 cm³/mol. The Morgan fingerprint density at radius 3 is 2.29 bits per heavy atom. The van der Waals surface area contributed by atoms with Crippen LogP contribution in [0.2, 0.25) is 0 Å². The molecule has 0 amide bonds. The van der Waals surface area contributed by atoms with E-state index in [2.05, 4.69) is 40.2 Å². The normalized spacial score (nSPS) is 19.8. The third-order valence-electron chi connectivity index (χ3n) is 4.59. The SMILES string of the molecule is Cc1ccc([C@H]2CCCCCN2S(=O)(=O)c2ccc(Br)cc2)cc1. The van der Waals surface area contributed by atoms with Crippen LogP contribution in [0.25, 0.3) is 0 Å². The van der Waals surface area contributed by atoms with E-state index in [4.69, 9.17) is 0 Å². The van der Waals surface area contributed by atoms with Crippen LogP contribution in [0.5, 0.6) is 0 Å². The first-order valence-corrected chi connectivity index (χ1v) is 10.6. The van der Waals surface area contributed by atoms with Crippen LogP contribution in [0.4, 0.5) is 0 Å². The topological polar surface area (TPSA) is 37.4 Å². The minimum atomic E-state index is -3.50. The summed E-state index contributed by atoms with van der Waals surface area (Å²) < 4.78 is 29.0. The minimum absolute atomic E-state index is 0.0817. The van der Waals surface area contributed by atoms with Gasteiger partial charge in [-0.3, -0.25) is 0 Å². The van der Waals surface area contributed by atoms with Crippen molar-refractivity contribution in [2.45, 2.75) is 43.5 Å². The van der Waals surface area contributed by atoms with E-state index in [0.717, 1.165) is 35.7 Å². The molecule has 2 aromatic rings. The van der Waals surface area contributed by atoms with Gasteiger partial charge in [-0.25, -0.2) is 8.42 Å². The molecule has 1 aliphatic heterocycles. The molecule has 0 bridgehead atoms. The number of rotatable bonds is 3. The van der Waals surface area contributed by atoms with Crippen molar-refractivity contribution in [2.24, 2.45) is 0 Å². The van der Waals surface area contributed by atoms with Gasteiger partial charge in [-0.15, -0.1) is 0 Å². The van der Waals surface area contributed by atoms with Crippen molar-refractivity contribution >= 4 is 26.0 Å². The molecular weight excluding hydrogens is 386 g/mol. The molecule has 2 aromatic carbocycles. The fourth-order valence-electron chi connectivity index (χ4n) is 3.23. The van der Waals surface area contributed by atoms with Gasteiger partial charge < -0.3 is 0 Å². The highest BCUT2D eigenvalue weighted by atomic mass is 79.9. The van der Waals surface area contributed by atoms with Gasteiger partial charge in [0.15, 0.2) is 0 Å². The zero-order valence-corrected chi connectivity index (χ0v) is 16.2. The minimum Gasteiger partial charge on any atom is -0.207 e. The van der Waals surface area contributed by atoms with Crippen molar-refractivity contribution in [3.8, 4) is 0 Å². The first-order chi connectivity index (χ1) is 11.5. The van der Waals surface area contributed by atoms with Crippen molar-refractivity contribution in [3.05, 3.63) is 64.1 Å². The van der Waals surface area contributed by atoms with Gasteiger partial charge in [0.25, 0.3) is 0 Å². The molecule has 1 fully saturated rings. The number of nitrogens with zero attached hydrogens (tertiary/aromatic N) is 1. The monoisotopic (exact) mass is 407 g/mol. The molecule has 0 radical (unpaired) electrons. The number of halogens is 1. The molecule has 3 nitrogen and oxygen atoms in total. The molecule has 0 aliphatic carbocycles. The zero-order valence-electron chi connectivity index (χ0n) is 13.8. The van der Waals surface area contributed by atoms with Gasteiger partial charge in [0.05, 0.1) is 10.9 Å². The Kier molecular flexibility index (Phi) is 5.42. The highest BCUT2D eigenvalue weighted by molar-refractivity contribution is 9.10. The maximum absolute atomic E-state index is 13.2. The summed E-state index contributed by atoms with van der Waals surface area (Å²) in [6.07, 6.45) is 3.93. The Labute approximate surface area is 152 Å². The second-order valence-electron chi connectivity index (χ2n) is 6.35. The largest absolute Gasteiger partial charge is 0.243 e. The predicted octanol–water partition coefficient (Wildman–Crippen LogP) is 5.06. The molecule has 24 heavy (non-hydrogen) atoms. The lowest BCUT2D eigenvalue weighted by Gasteiger charge is -2.29. The van der Waals surface area contributed by atoms with Gasteiger partial charge in [0, 0.05) is 11.0 Å². The van der Waals surface area contributed by atoms with Gasteiger partial charge in [-0.05, 0) is 49.6 Å². The smallest absolute Gasteiger partial charge is 0.207 e. The molecule has 0 aromatic heterocycles. The number of hydrogen-bond donors (Lipinski definition) is 0. The van der Waals surface area contributed by atoms with Crippen molar-refractivity contribution in [2.75, 3.05) is 6.54 Å². The molecule has 3 rings (SSSR count). The molecule has 1 saturated heterocycles. The number of aryl methyl sites for hydroxylation is 1. The van der Waals surface area contributed by atoms with Gasteiger partial charge in [-0.1, -0.05) is 58.6 Å². The average Bonchev–Trinajstić information content (AvgIpc) is 2.82. The summed E-state index contributed by atoms with van der Waals surface area (Å²) >= 11 is 3.37. The zero-order chi connectivity index (χ0) is 17.2. The highest BCUT2D eigenvalue weighted by Gasteiger charge is 2.33. The lowest BCUT2D eigenvalue weighted by Crippen LogP contribution is -2.34. The Balaban J connectivity index is 2.00. The number of sulfonamides is 1. The van der Waals surface area contributed by atoms with Gasteiger partial charge in [0.1, 0.15) is 0 Å². The van der Waals surface area contributed by atoms with Crippen molar-refractivity contribution in [3.63, 3.8) is 0 Å². The summed E-state index contributed by atoms with van der Waals surface area (Å²) in [7, 11) is -3.50. The molecule has 1 heterocycles. The fraction of sp³-hybridized carbons (Fsp3) is 0.368. The van der Waals surface area contributed by atoms with E-state index in [1.165, 1.54) is 5.56 Å². The molecule has 0 N–H and O–H groups in total. The second kappa shape index (κ2) is 7.38. The summed E-state index contributed by atoms with van der Waals surface area (Å²) in [5, 5.41) is 0. The maximum atomic E-state index is 13.2. The summed E-state index contributed by atoms with van der Waals surface area (Å²) in [6, 6.07) is 15.1. The summed E-state index contributed by atoms with van der Waals surface area (Å²) in [5.41, 5.74) is 2.28. The van der Waals surface area contributed by atoms with Crippen LogP contribution in [-0.4, -0.2) is 19.3 Å². The molecule has 128 valence electrons. The van der Waals surface area contributed by atoms with Gasteiger partial charge >= 0.3 is 0 Å². The third-order valence-corrected chi connectivity index (χ3v) is 7.04. The Bertz CT molecular complexity index is 785. The van der Waals surface area contributed by atoms with Crippen LogP contribution in [0.1, 0.15) is 42.9 Å².